The first-order chi connectivity index (χ1) is 6.41. The number of hydrogen-bond acceptors (Lipinski definition) is 2. The quantitative estimate of drug-likeness (QED) is 0.750. The molecule has 14 heavy (non-hydrogen) atoms. The summed E-state index contributed by atoms with van der Waals surface area (Å²) < 4.78 is 18.4. The minimum Gasteiger partial charge on any atom is -0.378 e. The molecule has 0 spiro atoms. The maximum atomic E-state index is 13.1. The van der Waals surface area contributed by atoms with Crippen molar-refractivity contribution in [3.63, 3.8) is 0 Å². The molecule has 4 heteroatoms. The lowest BCUT2D eigenvalue weighted by Crippen LogP contribution is -2.41. The molecule has 3 nitrogen and oxygen atoms in total. The van der Waals surface area contributed by atoms with E-state index in [9.17, 15) is 9.18 Å². The largest absolute Gasteiger partial charge is 0.378 e. The Hall–Kier alpha value is -0.640. The highest BCUT2D eigenvalue weighted by Crippen LogP contribution is 2.19. The molecule has 2 atom stereocenters. The molecule has 0 radical (unpaired) electrons. The van der Waals surface area contributed by atoms with E-state index in [1.807, 2.05) is 6.92 Å². The van der Waals surface area contributed by atoms with Crippen LogP contribution >= 0.6 is 0 Å². The number of halogens is 1. The summed E-state index contributed by atoms with van der Waals surface area (Å²) in [5.41, 5.74) is -1.79. The van der Waals surface area contributed by atoms with E-state index in [1.165, 1.54) is 13.8 Å². The van der Waals surface area contributed by atoms with E-state index in [-0.39, 0.29) is 6.10 Å². The van der Waals surface area contributed by atoms with Crippen LogP contribution in [0.3, 0.4) is 0 Å². The fraction of sp³-hybridized carbons (Fsp3) is 0.900. The van der Waals surface area contributed by atoms with Gasteiger partial charge in [-0.3, -0.25) is 4.79 Å². The Morgan fingerprint density at radius 2 is 2.29 bits per heavy atom. The number of rotatable bonds is 3. The number of amides is 1. The highest BCUT2D eigenvalue weighted by atomic mass is 19.1. The minimum absolute atomic E-state index is 0.165. The van der Waals surface area contributed by atoms with E-state index < -0.39 is 11.6 Å². The van der Waals surface area contributed by atoms with Gasteiger partial charge in [-0.15, -0.1) is 0 Å². The van der Waals surface area contributed by atoms with E-state index in [0.717, 1.165) is 13.0 Å². The van der Waals surface area contributed by atoms with Gasteiger partial charge in [0, 0.05) is 19.1 Å². The van der Waals surface area contributed by atoms with Crippen molar-refractivity contribution in [1.29, 1.82) is 0 Å². The number of ether oxygens (including phenoxy) is 1. The number of alkyl halides is 1. The van der Waals surface area contributed by atoms with Crippen LogP contribution < -0.4 is 5.32 Å². The molecule has 0 aromatic rings. The highest BCUT2D eigenvalue weighted by Gasteiger charge is 2.29. The Balaban J connectivity index is 2.30. The molecule has 0 aliphatic carbocycles. The number of hydrogen-bond donors (Lipinski definition) is 1. The van der Waals surface area contributed by atoms with E-state index in [4.69, 9.17) is 4.74 Å². The van der Waals surface area contributed by atoms with Crippen LogP contribution in [0.5, 0.6) is 0 Å². The van der Waals surface area contributed by atoms with E-state index in [0.29, 0.717) is 12.5 Å². The van der Waals surface area contributed by atoms with Crippen LogP contribution in [-0.4, -0.2) is 30.8 Å². The maximum absolute atomic E-state index is 13.1. The Kier molecular flexibility index (Phi) is 3.48. The number of carbonyl (C=O) groups excluding carboxylic acids is 1. The zero-order valence-electron chi connectivity index (χ0n) is 8.97. The summed E-state index contributed by atoms with van der Waals surface area (Å²) in [7, 11) is 0. The molecule has 0 saturated carbocycles. The molecule has 1 aliphatic rings. The molecule has 1 rings (SSSR count). The van der Waals surface area contributed by atoms with Gasteiger partial charge in [0.25, 0.3) is 5.91 Å². The fourth-order valence-corrected chi connectivity index (χ4v) is 1.48. The van der Waals surface area contributed by atoms with Gasteiger partial charge < -0.3 is 10.1 Å². The third-order valence-corrected chi connectivity index (χ3v) is 2.60. The Morgan fingerprint density at radius 1 is 1.64 bits per heavy atom. The van der Waals surface area contributed by atoms with Gasteiger partial charge in [0.2, 0.25) is 0 Å². The summed E-state index contributed by atoms with van der Waals surface area (Å²) >= 11 is 0. The lowest BCUT2D eigenvalue weighted by molar-refractivity contribution is -0.131. The molecule has 1 fully saturated rings. The van der Waals surface area contributed by atoms with Gasteiger partial charge in [-0.2, -0.15) is 0 Å². The average Bonchev–Trinajstić information content (AvgIpc) is 2.45. The van der Waals surface area contributed by atoms with Crippen LogP contribution in [0.15, 0.2) is 0 Å². The molecule has 0 aromatic carbocycles. The SMILES string of the molecule is CC1OCCC1CNC(=O)C(C)(C)F. The highest BCUT2D eigenvalue weighted by molar-refractivity contribution is 5.84. The summed E-state index contributed by atoms with van der Waals surface area (Å²) in [6, 6.07) is 0. The predicted octanol–water partition coefficient (Wildman–Crippen LogP) is 1.28. The van der Waals surface area contributed by atoms with E-state index in [1.54, 1.807) is 0 Å². The summed E-state index contributed by atoms with van der Waals surface area (Å²) in [5, 5.41) is 2.60. The van der Waals surface area contributed by atoms with Gasteiger partial charge in [0.15, 0.2) is 5.67 Å². The van der Waals surface area contributed by atoms with Crippen LogP contribution in [-0.2, 0) is 9.53 Å². The van der Waals surface area contributed by atoms with Crippen molar-refractivity contribution in [3.8, 4) is 0 Å². The molecular formula is C10H18FNO2. The zero-order chi connectivity index (χ0) is 10.8. The van der Waals surface area contributed by atoms with Crippen molar-refractivity contribution in [1.82, 2.24) is 5.32 Å². The van der Waals surface area contributed by atoms with Crippen molar-refractivity contribution in [2.24, 2.45) is 5.92 Å². The Bertz CT molecular complexity index is 213. The van der Waals surface area contributed by atoms with Gasteiger partial charge in [0.05, 0.1) is 6.10 Å². The zero-order valence-corrected chi connectivity index (χ0v) is 8.97. The van der Waals surface area contributed by atoms with Crippen LogP contribution in [0.4, 0.5) is 4.39 Å². The first-order valence-electron chi connectivity index (χ1n) is 5.00. The fourth-order valence-electron chi connectivity index (χ4n) is 1.48. The molecule has 1 N–H and O–H groups in total. The minimum atomic E-state index is -1.79. The second kappa shape index (κ2) is 4.26. The monoisotopic (exact) mass is 203 g/mol. The Labute approximate surface area is 84.0 Å². The molecule has 1 amide bonds. The van der Waals surface area contributed by atoms with Crippen LogP contribution in [0.1, 0.15) is 27.2 Å². The normalized spacial score (nSPS) is 27.7. The molecule has 0 aromatic heterocycles. The number of nitrogens with one attached hydrogen (secondary N) is 1. The molecule has 1 aliphatic heterocycles. The smallest absolute Gasteiger partial charge is 0.257 e. The second-order valence-corrected chi connectivity index (χ2v) is 4.31. The van der Waals surface area contributed by atoms with Crippen molar-refractivity contribution in [2.75, 3.05) is 13.2 Å². The topological polar surface area (TPSA) is 38.3 Å². The summed E-state index contributed by atoms with van der Waals surface area (Å²) in [6.07, 6.45) is 1.10. The maximum Gasteiger partial charge on any atom is 0.257 e. The molecule has 2 unspecified atom stereocenters. The summed E-state index contributed by atoms with van der Waals surface area (Å²) in [4.78, 5) is 11.2. The second-order valence-electron chi connectivity index (χ2n) is 4.31. The lowest BCUT2D eigenvalue weighted by Gasteiger charge is -2.18. The predicted molar refractivity (Wildman–Crippen MR) is 51.7 cm³/mol. The Morgan fingerprint density at radius 3 is 2.71 bits per heavy atom. The molecule has 0 bridgehead atoms. The molecular weight excluding hydrogens is 185 g/mol. The molecule has 1 saturated heterocycles. The van der Waals surface area contributed by atoms with Crippen molar-refractivity contribution < 1.29 is 13.9 Å². The van der Waals surface area contributed by atoms with Crippen molar-refractivity contribution in [2.45, 2.75) is 39.0 Å². The first-order valence-corrected chi connectivity index (χ1v) is 5.00. The van der Waals surface area contributed by atoms with E-state index >= 15 is 0 Å². The standard InChI is InChI=1S/C10H18FNO2/c1-7-8(4-5-14-7)6-12-9(13)10(2,3)11/h7-8H,4-6H2,1-3H3,(H,12,13). The lowest BCUT2D eigenvalue weighted by atomic mass is 10.0. The van der Waals surface area contributed by atoms with Gasteiger partial charge in [-0.25, -0.2) is 4.39 Å². The van der Waals surface area contributed by atoms with Gasteiger partial charge in [0.1, 0.15) is 0 Å². The molecule has 82 valence electrons. The van der Waals surface area contributed by atoms with Crippen molar-refractivity contribution in [3.05, 3.63) is 0 Å². The van der Waals surface area contributed by atoms with Gasteiger partial charge in [-0.1, -0.05) is 0 Å². The summed E-state index contributed by atoms with van der Waals surface area (Å²) in [6.45, 7) is 5.74. The van der Waals surface area contributed by atoms with E-state index in [2.05, 4.69) is 5.32 Å². The van der Waals surface area contributed by atoms with Crippen LogP contribution in [0.25, 0.3) is 0 Å². The number of carbonyl (C=O) groups is 1. The average molecular weight is 203 g/mol. The third-order valence-electron chi connectivity index (χ3n) is 2.60. The van der Waals surface area contributed by atoms with Crippen LogP contribution in [0.2, 0.25) is 0 Å². The van der Waals surface area contributed by atoms with Crippen molar-refractivity contribution >= 4 is 5.91 Å². The van der Waals surface area contributed by atoms with Gasteiger partial charge in [-0.05, 0) is 27.2 Å². The van der Waals surface area contributed by atoms with Crippen LogP contribution in [0, 0.1) is 5.92 Å². The first kappa shape index (κ1) is 11.4. The third kappa shape index (κ3) is 2.94. The summed E-state index contributed by atoms with van der Waals surface area (Å²) in [5.74, 6) is -0.224. The molecule has 1 heterocycles. The van der Waals surface area contributed by atoms with Gasteiger partial charge >= 0.3 is 0 Å².